The van der Waals surface area contributed by atoms with Crippen molar-refractivity contribution < 1.29 is 22.7 Å². The number of anilines is 1. The van der Waals surface area contributed by atoms with Crippen molar-refractivity contribution in [1.29, 1.82) is 0 Å². The number of nitrogens with zero attached hydrogens (tertiary/aromatic N) is 4. The summed E-state index contributed by atoms with van der Waals surface area (Å²) in [6, 6.07) is 10.2. The smallest absolute Gasteiger partial charge is 0.378 e. The molecule has 1 N–H and O–H groups in total. The Morgan fingerprint density at radius 2 is 1.88 bits per heavy atom. The number of nitrogens with one attached hydrogen (secondary N) is 1. The fraction of sp³-hybridized carbons (Fsp3) is 0.318. The van der Waals surface area contributed by atoms with Gasteiger partial charge in [0.25, 0.3) is 5.91 Å². The monoisotopic (exact) mass is 445 g/mol. The van der Waals surface area contributed by atoms with Gasteiger partial charge in [-0.05, 0) is 30.2 Å². The van der Waals surface area contributed by atoms with Crippen molar-refractivity contribution in [2.24, 2.45) is 0 Å². The van der Waals surface area contributed by atoms with E-state index in [1.54, 1.807) is 37.4 Å². The van der Waals surface area contributed by atoms with Gasteiger partial charge in [-0.3, -0.25) is 4.79 Å². The number of aromatic nitrogens is 3. The lowest BCUT2D eigenvalue weighted by Gasteiger charge is -2.27. The first-order valence-corrected chi connectivity index (χ1v) is 10.1. The van der Waals surface area contributed by atoms with Crippen LogP contribution >= 0.6 is 0 Å². The van der Waals surface area contributed by atoms with Crippen LogP contribution in [-0.2, 0) is 17.5 Å². The zero-order chi connectivity index (χ0) is 22.7. The maximum Gasteiger partial charge on any atom is 0.434 e. The standard InChI is InChI=1S/C22H22F3N5O2/c1-15-4-2-3-5-18(15)30-20(22(23,24)25)17(14-28-30)21(31)27-13-16-6-7-19(26-12-16)29-8-10-32-11-9-29/h2-7,12,14H,8-11,13H2,1H3,(H,27,31). The predicted octanol–water partition coefficient (Wildman–Crippen LogP) is 3.36. The van der Waals surface area contributed by atoms with Crippen molar-refractivity contribution in [2.75, 3.05) is 31.2 Å². The van der Waals surface area contributed by atoms with Gasteiger partial charge >= 0.3 is 6.18 Å². The Labute approximate surface area is 182 Å². The number of rotatable bonds is 5. The Kier molecular flexibility index (Phi) is 6.13. The van der Waals surface area contributed by atoms with Crippen molar-refractivity contribution in [1.82, 2.24) is 20.1 Å². The first kappa shape index (κ1) is 21.8. The van der Waals surface area contributed by atoms with Crippen LogP contribution in [0.1, 0.15) is 27.2 Å². The second-order valence-corrected chi connectivity index (χ2v) is 7.41. The second kappa shape index (κ2) is 8.99. The lowest BCUT2D eigenvalue weighted by Crippen LogP contribution is -2.36. The fourth-order valence-corrected chi connectivity index (χ4v) is 3.55. The summed E-state index contributed by atoms with van der Waals surface area (Å²) in [5, 5.41) is 6.40. The highest BCUT2D eigenvalue weighted by Gasteiger charge is 2.40. The van der Waals surface area contributed by atoms with Crippen LogP contribution in [0.15, 0.2) is 48.8 Å². The molecule has 32 heavy (non-hydrogen) atoms. The van der Waals surface area contributed by atoms with Gasteiger partial charge in [0.05, 0.1) is 30.7 Å². The largest absolute Gasteiger partial charge is 0.434 e. The van der Waals surface area contributed by atoms with Crippen molar-refractivity contribution >= 4 is 11.7 Å². The summed E-state index contributed by atoms with van der Waals surface area (Å²) in [5.41, 5.74) is -0.0831. The first-order chi connectivity index (χ1) is 15.3. The normalized spacial score (nSPS) is 14.4. The van der Waals surface area contributed by atoms with Crippen LogP contribution in [0.25, 0.3) is 5.69 Å². The minimum Gasteiger partial charge on any atom is -0.378 e. The number of benzene rings is 1. The quantitative estimate of drug-likeness (QED) is 0.652. The average Bonchev–Trinajstić information content (AvgIpc) is 3.24. The van der Waals surface area contributed by atoms with E-state index in [4.69, 9.17) is 4.74 Å². The zero-order valence-corrected chi connectivity index (χ0v) is 17.4. The number of amides is 1. The summed E-state index contributed by atoms with van der Waals surface area (Å²) in [6.45, 7) is 4.49. The molecule has 0 radical (unpaired) electrons. The molecule has 0 atom stereocenters. The topological polar surface area (TPSA) is 72.3 Å². The lowest BCUT2D eigenvalue weighted by atomic mass is 10.1. The number of morpholine rings is 1. The molecule has 7 nitrogen and oxygen atoms in total. The Morgan fingerprint density at radius 3 is 2.53 bits per heavy atom. The van der Waals surface area contributed by atoms with Crippen molar-refractivity contribution in [2.45, 2.75) is 19.6 Å². The van der Waals surface area contributed by atoms with E-state index in [0.717, 1.165) is 29.8 Å². The first-order valence-electron chi connectivity index (χ1n) is 10.1. The average molecular weight is 445 g/mol. The lowest BCUT2D eigenvalue weighted by molar-refractivity contribution is -0.143. The molecule has 0 bridgehead atoms. The summed E-state index contributed by atoms with van der Waals surface area (Å²) >= 11 is 0. The molecule has 1 amide bonds. The maximum absolute atomic E-state index is 13.8. The highest BCUT2D eigenvalue weighted by atomic mass is 19.4. The fourth-order valence-electron chi connectivity index (χ4n) is 3.55. The molecular weight excluding hydrogens is 423 g/mol. The van der Waals surface area contributed by atoms with E-state index in [9.17, 15) is 18.0 Å². The SMILES string of the molecule is Cc1ccccc1-n1ncc(C(=O)NCc2ccc(N3CCOCC3)nc2)c1C(F)(F)F. The Hall–Kier alpha value is -3.40. The number of carbonyl (C=O) groups excluding carboxylic acids is 1. The summed E-state index contributed by atoms with van der Waals surface area (Å²) in [6.07, 6.45) is -2.20. The summed E-state index contributed by atoms with van der Waals surface area (Å²) in [4.78, 5) is 19.1. The van der Waals surface area contributed by atoms with Gasteiger partial charge < -0.3 is 15.0 Å². The van der Waals surface area contributed by atoms with Crippen LogP contribution in [-0.4, -0.2) is 47.0 Å². The third kappa shape index (κ3) is 4.59. The van der Waals surface area contributed by atoms with Crippen LogP contribution in [0.5, 0.6) is 0 Å². The zero-order valence-electron chi connectivity index (χ0n) is 17.4. The third-order valence-corrected chi connectivity index (χ3v) is 5.22. The van der Waals surface area contributed by atoms with Crippen molar-refractivity contribution in [3.05, 3.63) is 71.2 Å². The number of ether oxygens (including phenoxy) is 1. The minimum atomic E-state index is -4.76. The van der Waals surface area contributed by atoms with Crippen LogP contribution in [0.4, 0.5) is 19.0 Å². The van der Waals surface area contributed by atoms with Gasteiger partial charge in [0.15, 0.2) is 5.69 Å². The molecule has 0 aliphatic carbocycles. The van der Waals surface area contributed by atoms with E-state index in [1.165, 1.54) is 6.07 Å². The third-order valence-electron chi connectivity index (χ3n) is 5.22. The van der Waals surface area contributed by atoms with Crippen LogP contribution < -0.4 is 10.2 Å². The minimum absolute atomic E-state index is 0.0437. The number of hydrogen-bond acceptors (Lipinski definition) is 5. The second-order valence-electron chi connectivity index (χ2n) is 7.41. The Bertz CT molecular complexity index is 1090. The molecule has 1 saturated heterocycles. The van der Waals surface area contributed by atoms with Crippen LogP contribution in [0.2, 0.25) is 0 Å². The van der Waals surface area contributed by atoms with Gasteiger partial charge in [0, 0.05) is 25.8 Å². The molecule has 2 aromatic heterocycles. The summed E-state index contributed by atoms with van der Waals surface area (Å²) in [5.74, 6) is -0.0587. The molecule has 3 aromatic rings. The van der Waals surface area contributed by atoms with Gasteiger partial charge in [-0.15, -0.1) is 0 Å². The van der Waals surface area contributed by atoms with Crippen molar-refractivity contribution in [3.63, 3.8) is 0 Å². The number of pyridine rings is 1. The van der Waals surface area contributed by atoms with E-state index in [-0.39, 0.29) is 12.2 Å². The Balaban J connectivity index is 1.50. The van der Waals surface area contributed by atoms with E-state index in [1.807, 2.05) is 6.07 Å². The van der Waals surface area contributed by atoms with Gasteiger partial charge in [-0.1, -0.05) is 24.3 Å². The predicted molar refractivity (Wildman–Crippen MR) is 112 cm³/mol. The summed E-state index contributed by atoms with van der Waals surface area (Å²) in [7, 11) is 0. The van der Waals surface area contributed by atoms with Gasteiger partial charge in [-0.25, -0.2) is 9.67 Å². The van der Waals surface area contributed by atoms with Crippen molar-refractivity contribution in [3.8, 4) is 5.69 Å². The number of halogens is 3. The van der Waals surface area contributed by atoms with E-state index >= 15 is 0 Å². The number of para-hydroxylation sites is 1. The van der Waals surface area contributed by atoms with Gasteiger partial charge in [0.2, 0.25) is 0 Å². The number of carbonyl (C=O) groups is 1. The van der Waals surface area contributed by atoms with Gasteiger partial charge in [0.1, 0.15) is 5.82 Å². The molecular formula is C22H22F3N5O2. The van der Waals surface area contributed by atoms with Crippen LogP contribution in [0.3, 0.4) is 0 Å². The molecule has 1 aromatic carbocycles. The highest BCUT2D eigenvalue weighted by Crippen LogP contribution is 2.34. The van der Waals surface area contributed by atoms with Gasteiger partial charge in [-0.2, -0.15) is 18.3 Å². The highest BCUT2D eigenvalue weighted by molar-refractivity contribution is 5.95. The molecule has 1 fully saturated rings. The molecule has 1 aliphatic rings. The molecule has 168 valence electrons. The summed E-state index contributed by atoms with van der Waals surface area (Å²) < 4.78 is 47.6. The van der Waals surface area contributed by atoms with E-state index in [2.05, 4.69) is 20.3 Å². The van der Waals surface area contributed by atoms with E-state index < -0.39 is 23.3 Å². The number of hydrogen-bond donors (Lipinski definition) is 1. The number of aryl methyl sites for hydroxylation is 1. The molecule has 1 aliphatic heterocycles. The molecule has 0 saturated carbocycles. The molecule has 10 heteroatoms. The Morgan fingerprint density at radius 1 is 1.12 bits per heavy atom. The molecule has 0 unspecified atom stereocenters. The molecule has 3 heterocycles. The molecule has 0 spiro atoms. The maximum atomic E-state index is 13.8. The number of alkyl halides is 3. The molecule has 4 rings (SSSR count). The van der Waals surface area contributed by atoms with Crippen LogP contribution in [0, 0.1) is 6.92 Å². The van der Waals surface area contributed by atoms with E-state index in [0.29, 0.717) is 24.3 Å².